The highest BCUT2D eigenvalue weighted by Gasteiger charge is 2.32. The first-order valence-corrected chi connectivity index (χ1v) is 7.18. The number of benzene rings is 1. The fraction of sp³-hybridized carbons (Fsp3) is 0.471. The summed E-state index contributed by atoms with van der Waals surface area (Å²) in [6, 6.07) is 6.06. The Hall–Kier alpha value is -1.79. The lowest BCUT2D eigenvalue weighted by Gasteiger charge is -2.22. The Bertz CT molecular complexity index is 550. The van der Waals surface area contributed by atoms with Crippen molar-refractivity contribution in [1.82, 2.24) is 4.90 Å². The Balaban J connectivity index is 2.24. The van der Waals surface area contributed by atoms with Crippen LogP contribution in [0.5, 0.6) is 0 Å². The molecule has 0 saturated heterocycles. The number of aryl methyl sites for hydroxylation is 1. The van der Waals surface area contributed by atoms with Crippen molar-refractivity contribution in [3.63, 3.8) is 0 Å². The number of amides is 1. The standard InChI is InChI=1S/C17H21NO2/c1-3-10-18(16-8-9-16)17(20)15-7-6-13(2)14(12-15)5-4-11-19/h6-7,12,16,19H,3,8-11H2,1-2H3. The summed E-state index contributed by atoms with van der Waals surface area (Å²) < 4.78 is 0. The van der Waals surface area contributed by atoms with Gasteiger partial charge in [-0.2, -0.15) is 0 Å². The van der Waals surface area contributed by atoms with Crippen molar-refractivity contribution in [3.8, 4) is 11.8 Å². The molecule has 0 atom stereocenters. The van der Waals surface area contributed by atoms with Gasteiger partial charge in [-0.1, -0.05) is 24.8 Å². The summed E-state index contributed by atoms with van der Waals surface area (Å²) in [6.45, 7) is 4.70. The number of carbonyl (C=O) groups excluding carboxylic acids is 1. The normalized spacial score (nSPS) is 13.6. The van der Waals surface area contributed by atoms with Gasteiger partial charge in [0.05, 0.1) is 0 Å². The fourth-order valence-electron chi connectivity index (χ4n) is 2.27. The number of nitrogens with zero attached hydrogens (tertiary/aromatic N) is 1. The molecule has 3 heteroatoms. The molecule has 106 valence electrons. The Morgan fingerprint density at radius 1 is 1.45 bits per heavy atom. The first-order valence-electron chi connectivity index (χ1n) is 7.18. The van der Waals surface area contributed by atoms with Gasteiger partial charge in [0.15, 0.2) is 0 Å². The molecule has 1 fully saturated rings. The topological polar surface area (TPSA) is 40.5 Å². The summed E-state index contributed by atoms with van der Waals surface area (Å²) in [7, 11) is 0. The second kappa shape index (κ2) is 6.58. The lowest BCUT2D eigenvalue weighted by Crippen LogP contribution is -2.33. The van der Waals surface area contributed by atoms with Gasteiger partial charge in [0, 0.05) is 23.7 Å². The maximum absolute atomic E-state index is 12.6. The van der Waals surface area contributed by atoms with E-state index in [0.29, 0.717) is 11.6 Å². The van der Waals surface area contributed by atoms with E-state index >= 15 is 0 Å². The van der Waals surface area contributed by atoms with Gasteiger partial charge >= 0.3 is 0 Å². The van der Waals surface area contributed by atoms with E-state index in [-0.39, 0.29) is 12.5 Å². The predicted molar refractivity (Wildman–Crippen MR) is 79.5 cm³/mol. The van der Waals surface area contributed by atoms with Gasteiger partial charge in [-0.15, -0.1) is 0 Å². The lowest BCUT2D eigenvalue weighted by molar-refractivity contribution is 0.0743. The quantitative estimate of drug-likeness (QED) is 0.854. The summed E-state index contributed by atoms with van der Waals surface area (Å²) in [5, 5.41) is 8.79. The summed E-state index contributed by atoms with van der Waals surface area (Å²) >= 11 is 0. The third-order valence-corrected chi connectivity index (χ3v) is 3.50. The molecule has 20 heavy (non-hydrogen) atoms. The largest absolute Gasteiger partial charge is 0.384 e. The van der Waals surface area contributed by atoms with Gasteiger partial charge in [0.25, 0.3) is 5.91 Å². The molecule has 1 aliphatic carbocycles. The maximum Gasteiger partial charge on any atom is 0.254 e. The number of carbonyl (C=O) groups is 1. The molecule has 1 saturated carbocycles. The SMILES string of the molecule is CCCN(C(=O)c1ccc(C)c(C#CCO)c1)C1CC1. The molecule has 1 aromatic carbocycles. The van der Waals surface area contributed by atoms with Crippen molar-refractivity contribution < 1.29 is 9.90 Å². The van der Waals surface area contributed by atoms with E-state index in [9.17, 15) is 4.79 Å². The number of aliphatic hydroxyl groups excluding tert-OH is 1. The zero-order chi connectivity index (χ0) is 14.5. The monoisotopic (exact) mass is 271 g/mol. The van der Waals surface area contributed by atoms with E-state index in [0.717, 1.165) is 36.9 Å². The second-order valence-corrected chi connectivity index (χ2v) is 5.22. The first-order chi connectivity index (χ1) is 9.67. The van der Waals surface area contributed by atoms with E-state index in [4.69, 9.17) is 5.11 Å². The van der Waals surface area contributed by atoms with Crippen molar-refractivity contribution in [1.29, 1.82) is 0 Å². The summed E-state index contributed by atoms with van der Waals surface area (Å²) in [5.74, 6) is 5.64. The third kappa shape index (κ3) is 3.40. The Morgan fingerprint density at radius 2 is 2.20 bits per heavy atom. The molecule has 2 rings (SSSR count). The van der Waals surface area contributed by atoms with Crippen LogP contribution in [0.1, 0.15) is 47.7 Å². The van der Waals surface area contributed by atoms with Crippen LogP contribution in [-0.4, -0.2) is 35.1 Å². The molecular formula is C17H21NO2. The van der Waals surface area contributed by atoms with Crippen LogP contribution < -0.4 is 0 Å². The van der Waals surface area contributed by atoms with Gasteiger partial charge < -0.3 is 10.0 Å². The molecule has 0 bridgehead atoms. The molecule has 1 amide bonds. The van der Waals surface area contributed by atoms with Crippen LogP contribution in [0.3, 0.4) is 0 Å². The molecule has 1 aromatic rings. The minimum Gasteiger partial charge on any atom is -0.384 e. The highest BCUT2D eigenvalue weighted by molar-refractivity contribution is 5.95. The van der Waals surface area contributed by atoms with Crippen LogP contribution in [0.25, 0.3) is 0 Å². The number of rotatable bonds is 4. The number of aliphatic hydroxyl groups is 1. The van der Waals surface area contributed by atoms with Crippen LogP contribution in [0, 0.1) is 18.8 Å². The van der Waals surface area contributed by atoms with Gasteiger partial charge in [-0.25, -0.2) is 0 Å². The molecule has 0 aromatic heterocycles. The predicted octanol–water partition coefficient (Wildman–Crippen LogP) is 2.35. The Labute approximate surface area is 120 Å². The molecular weight excluding hydrogens is 250 g/mol. The van der Waals surface area contributed by atoms with Gasteiger partial charge in [-0.3, -0.25) is 4.79 Å². The van der Waals surface area contributed by atoms with Crippen LogP contribution in [0.4, 0.5) is 0 Å². The fourth-order valence-corrected chi connectivity index (χ4v) is 2.27. The highest BCUT2D eigenvalue weighted by atomic mass is 16.2. The lowest BCUT2D eigenvalue weighted by atomic mass is 10.0. The Kier molecular flexibility index (Phi) is 4.81. The average Bonchev–Trinajstić information content (AvgIpc) is 3.27. The van der Waals surface area contributed by atoms with Crippen LogP contribution >= 0.6 is 0 Å². The van der Waals surface area contributed by atoms with E-state index in [1.165, 1.54) is 0 Å². The molecule has 0 radical (unpaired) electrons. The van der Waals surface area contributed by atoms with Crippen LogP contribution in [0.15, 0.2) is 18.2 Å². The molecule has 1 N–H and O–H groups in total. The first kappa shape index (κ1) is 14.6. The van der Waals surface area contributed by atoms with E-state index in [2.05, 4.69) is 18.8 Å². The van der Waals surface area contributed by atoms with E-state index in [1.54, 1.807) is 0 Å². The molecule has 0 heterocycles. The van der Waals surface area contributed by atoms with Crippen molar-refractivity contribution in [2.24, 2.45) is 0 Å². The number of hydrogen-bond acceptors (Lipinski definition) is 2. The van der Waals surface area contributed by atoms with Gasteiger partial charge in [0.1, 0.15) is 6.61 Å². The minimum atomic E-state index is -0.165. The molecule has 0 aliphatic heterocycles. The zero-order valence-electron chi connectivity index (χ0n) is 12.1. The van der Waals surface area contributed by atoms with E-state index < -0.39 is 0 Å². The van der Waals surface area contributed by atoms with Crippen molar-refractivity contribution in [3.05, 3.63) is 34.9 Å². The van der Waals surface area contributed by atoms with Crippen LogP contribution in [-0.2, 0) is 0 Å². The summed E-state index contributed by atoms with van der Waals surface area (Å²) in [6.07, 6.45) is 3.22. The van der Waals surface area contributed by atoms with Crippen molar-refractivity contribution in [2.75, 3.05) is 13.2 Å². The molecule has 0 spiro atoms. The number of hydrogen-bond donors (Lipinski definition) is 1. The molecule has 3 nitrogen and oxygen atoms in total. The summed E-state index contributed by atoms with van der Waals surface area (Å²) in [5.41, 5.74) is 2.53. The van der Waals surface area contributed by atoms with Gasteiger partial charge in [-0.05, 0) is 43.9 Å². The smallest absolute Gasteiger partial charge is 0.254 e. The minimum absolute atomic E-state index is 0.0985. The maximum atomic E-state index is 12.6. The average molecular weight is 271 g/mol. The van der Waals surface area contributed by atoms with Crippen molar-refractivity contribution in [2.45, 2.75) is 39.2 Å². The molecule has 0 unspecified atom stereocenters. The van der Waals surface area contributed by atoms with Gasteiger partial charge in [0.2, 0.25) is 0 Å². The summed E-state index contributed by atoms with van der Waals surface area (Å²) in [4.78, 5) is 14.6. The Morgan fingerprint density at radius 3 is 2.80 bits per heavy atom. The highest BCUT2D eigenvalue weighted by Crippen LogP contribution is 2.28. The van der Waals surface area contributed by atoms with E-state index in [1.807, 2.05) is 30.0 Å². The zero-order valence-corrected chi connectivity index (χ0v) is 12.1. The third-order valence-electron chi connectivity index (χ3n) is 3.50. The van der Waals surface area contributed by atoms with Crippen LogP contribution in [0.2, 0.25) is 0 Å². The molecule has 1 aliphatic rings. The van der Waals surface area contributed by atoms with Crippen molar-refractivity contribution >= 4 is 5.91 Å². The second-order valence-electron chi connectivity index (χ2n) is 5.22.